The van der Waals surface area contributed by atoms with E-state index >= 15 is 0 Å². The summed E-state index contributed by atoms with van der Waals surface area (Å²) >= 11 is 0. The molecule has 0 saturated carbocycles. The molecule has 2 heterocycles. The molecule has 1 aliphatic rings. The first-order valence-electron chi connectivity index (χ1n) is 6.73. The fourth-order valence-corrected chi connectivity index (χ4v) is 2.33. The minimum atomic E-state index is -0.374. The molecule has 0 unspecified atom stereocenters. The van der Waals surface area contributed by atoms with Crippen LogP contribution in [-0.4, -0.2) is 49.6 Å². The topological polar surface area (TPSA) is 57.5 Å². The number of hydrogen-bond donors (Lipinski definition) is 1. The molecule has 0 atom stereocenters. The normalized spacial score (nSPS) is 17.2. The number of aromatic nitrogens is 2. The first kappa shape index (κ1) is 14.5. The van der Waals surface area contributed by atoms with Crippen molar-refractivity contribution in [1.82, 2.24) is 14.9 Å². The maximum atomic E-state index is 5.89. The smallest absolute Gasteiger partial charge is 0.200 e. The molecule has 1 saturated heterocycles. The molecule has 6 heteroatoms. The van der Waals surface area contributed by atoms with Crippen molar-refractivity contribution >= 4 is 0 Å². The van der Waals surface area contributed by atoms with Gasteiger partial charge in [0, 0.05) is 20.8 Å². The number of rotatable bonds is 7. The Kier molecular flexibility index (Phi) is 5.78. The van der Waals surface area contributed by atoms with Crippen LogP contribution in [0, 0.1) is 0 Å². The first-order valence-corrected chi connectivity index (χ1v) is 6.73. The van der Waals surface area contributed by atoms with Crippen LogP contribution in [0.2, 0.25) is 0 Å². The lowest BCUT2D eigenvalue weighted by molar-refractivity contribution is -0.111. The van der Waals surface area contributed by atoms with Gasteiger partial charge in [0.1, 0.15) is 0 Å². The fraction of sp³-hybridized carbons (Fsp3) is 0.769. The SMILES string of the molecule is COC(OC)c1cncn1CCOC1CCNCC1. The predicted molar refractivity (Wildman–Crippen MR) is 70.8 cm³/mol. The van der Waals surface area contributed by atoms with Crippen molar-refractivity contribution in [2.24, 2.45) is 0 Å². The Hall–Kier alpha value is -0.950. The molecule has 0 aliphatic carbocycles. The van der Waals surface area contributed by atoms with E-state index in [9.17, 15) is 0 Å². The van der Waals surface area contributed by atoms with Gasteiger partial charge in [-0.05, 0) is 25.9 Å². The van der Waals surface area contributed by atoms with Crippen molar-refractivity contribution < 1.29 is 14.2 Å². The summed E-state index contributed by atoms with van der Waals surface area (Å²) in [5.74, 6) is 0. The summed E-state index contributed by atoms with van der Waals surface area (Å²) in [7, 11) is 3.24. The second-order valence-corrected chi connectivity index (χ2v) is 4.64. The molecule has 0 aromatic carbocycles. The van der Waals surface area contributed by atoms with Gasteiger partial charge in [-0.2, -0.15) is 0 Å². The van der Waals surface area contributed by atoms with Gasteiger partial charge in [-0.3, -0.25) is 0 Å². The molecule has 6 nitrogen and oxygen atoms in total. The summed E-state index contributed by atoms with van der Waals surface area (Å²) < 4.78 is 18.4. The summed E-state index contributed by atoms with van der Waals surface area (Å²) in [6.07, 6.45) is 5.75. The molecule has 19 heavy (non-hydrogen) atoms. The van der Waals surface area contributed by atoms with E-state index in [0.717, 1.165) is 38.2 Å². The van der Waals surface area contributed by atoms with Crippen LogP contribution < -0.4 is 5.32 Å². The number of methoxy groups -OCH3 is 2. The Morgan fingerprint density at radius 2 is 2.11 bits per heavy atom. The lowest BCUT2D eigenvalue weighted by atomic mass is 10.1. The maximum Gasteiger partial charge on any atom is 0.200 e. The summed E-state index contributed by atoms with van der Waals surface area (Å²) in [6, 6.07) is 0. The maximum absolute atomic E-state index is 5.89. The molecule has 108 valence electrons. The second kappa shape index (κ2) is 7.59. The molecule has 1 aromatic heterocycles. The van der Waals surface area contributed by atoms with Gasteiger partial charge in [0.05, 0.1) is 30.9 Å². The molecule has 0 radical (unpaired) electrons. The zero-order chi connectivity index (χ0) is 13.5. The minimum Gasteiger partial charge on any atom is -0.376 e. The fourth-order valence-electron chi connectivity index (χ4n) is 2.33. The van der Waals surface area contributed by atoms with Crippen LogP contribution in [0.4, 0.5) is 0 Å². The van der Waals surface area contributed by atoms with E-state index in [1.807, 2.05) is 4.57 Å². The van der Waals surface area contributed by atoms with Gasteiger partial charge in [0.2, 0.25) is 0 Å². The Balaban J connectivity index is 1.80. The minimum absolute atomic E-state index is 0.374. The largest absolute Gasteiger partial charge is 0.376 e. The standard InChI is InChI=1S/C13H23N3O3/c1-17-13(18-2)12-9-15-10-16(12)7-8-19-11-3-5-14-6-4-11/h9-11,13-14H,3-8H2,1-2H3. The third-order valence-electron chi connectivity index (χ3n) is 3.39. The zero-order valence-corrected chi connectivity index (χ0v) is 11.7. The monoisotopic (exact) mass is 269 g/mol. The van der Waals surface area contributed by atoms with E-state index in [-0.39, 0.29) is 6.29 Å². The van der Waals surface area contributed by atoms with E-state index < -0.39 is 0 Å². The Morgan fingerprint density at radius 1 is 1.37 bits per heavy atom. The third kappa shape index (κ3) is 4.01. The molecule has 1 aliphatic heterocycles. The van der Waals surface area contributed by atoms with Crippen LogP contribution in [0.25, 0.3) is 0 Å². The molecule has 0 bridgehead atoms. The van der Waals surface area contributed by atoms with Crippen molar-refractivity contribution in [3.05, 3.63) is 18.2 Å². The van der Waals surface area contributed by atoms with E-state index in [2.05, 4.69) is 10.3 Å². The molecular weight excluding hydrogens is 246 g/mol. The van der Waals surface area contributed by atoms with Crippen LogP contribution in [0.15, 0.2) is 12.5 Å². The summed E-state index contributed by atoms with van der Waals surface area (Å²) in [5.41, 5.74) is 0.916. The Bertz CT molecular complexity index is 360. The third-order valence-corrected chi connectivity index (χ3v) is 3.39. The first-order chi connectivity index (χ1) is 9.35. The van der Waals surface area contributed by atoms with Gasteiger partial charge in [0.15, 0.2) is 6.29 Å². The summed E-state index contributed by atoms with van der Waals surface area (Å²) in [4.78, 5) is 4.14. The van der Waals surface area contributed by atoms with Crippen LogP contribution in [-0.2, 0) is 20.8 Å². The van der Waals surface area contributed by atoms with Crippen molar-refractivity contribution in [3.63, 3.8) is 0 Å². The van der Waals surface area contributed by atoms with Crippen molar-refractivity contribution in [2.75, 3.05) is 33.9 Å². The Labute approximate surface area is 114 Å². The molecule has 0 spiro atoms. The quantitative estimate of drug-likeness (QED) is 0.747. The zero-order valence-electron chi connectivity index (χ0n) is 11.7. The van der Waals surface area contributed by atoms with Crippen LogP contribution in [0.1, 0.15) is 24.8 Å². The van der Waals surface area contributed by atoms with Crippen LogP contribution >= 0.6 is 0 Å². The van der Waals surface area contributed by atoms with Crippen LogP contribution in [0.5, 0.6) is 0 Å². The van der Waals surface area contributed by atoms with Gasteiger partial charge < -0.3 is 24.1 Å². The molecule has 1 N–H and O–H groups in total. The highest BCUT2D eigenvalue weighted by Crippen LogP contribution is 2.16. The number of nitrogens with one attached hydrogen (secondary N) is 1. The highest BCUT2D eigenvalue weighted by atomic mass is 16.7. The number of piperidine rings is 1. The lowest BCUT2D eigenvalue weighted by Crippen LogP contribution is -2.33. The number of hydrogen-bond acceptors (Lipinski definition) is 5. The number of nitrogens with zero attached hydrogens (tertiary/aromatic N) is 2. The van der Waals surface area contributed by atoms with Gasteiger partial charge in [0.25, 0.3) is 0 Å². The van der Waals surface area contributed by atoms with Crippen molar-refractivity contribution in [2.45, 2.75) is 31.8 Å². The molecule has 1 aromatic rings. The number of imidazole rings is 1. The van der Waals surface area contributed by atoms with Gasteiger partial charge in [-0.15, -0.1) is 0 Å². The Morgan fingerprint density at radius 3 is 2.79 bits per heavy atom. The highest BCUT2D eigenvalue weighted by molar-refractivity contribution is 5.00. The van der Waals surface area contributed by atoms with Gasteiger partial charge in [-0.1, -0.05) is 0 Å². The van der Waals surface area contributed by atoms with E-state index in [0.29, 0.717) is 12.7 Å². The highest BCUT2D eigenvalue weighted by Gasteiger charge is 2.16. The molecule has 0 amide bonds. The molecule has 2 rings (SSSR count). The molecular formula is C13H23N3O3. The second-order valence-electron chi connectivity index (χ2n) is 4.64. The number of ether oxygens (including phenoxy) is 3. The summed E-state index contributed by atoms with van der Waals surface area (Å²) in [5, 5.41) is 3.33. The average molecular weight is 269 g/mol. The van der Waals surface area contributed by atoms with Gasteiger partial charge >= 0.3 is 0 Å². The average Bonchev–Trinajstić information content (AvgIpc) is 2.90. The van der Waals surface area contributed by atoms with Crippen molar-refractivity contribution in [1.29, 1.82) is 0 Å². The van der Waals surface area contributed by atoms with E-state index in [1.54, 1.807) is 26.7 Å². The van der Waals surface area contributed by atoms with E-state index in [4.69, 9.17) is 14.2 Å². The lowest BCUT2D eigenvalue weighted by Gasteiger charge is -2.23. The summed E-state index contributed by atoms with van der Waals surface area (Å²) in [6.45, 7) is 3.56. The molecule has 1 fully saturated rings. The van der Waals surface area contributed by atoms with E-state index in [1.165, 1.54) is 0 Å². The van der Waals surface area contributed by atoms with Crippen molar-refractivity contribution in [3.8, 4) is 0 Å². The predicted octanol–water partition coefficient (Wildman–Crippen LogP) is 0.943. The van der Waals surface area contributed by atoms with Gasteiger partial charge in [-0.25, -0.2) is 4.98 Å². The van der Waals surface area contributed by atoms with Crippen LogP contribution in [0.3, 0.4) is 0 Å².